The molecule has 2 atom stereocenters. The number of aromatic nitrogens is 2. The van der Waals surface area contributed by atoms with Gasteiger partial charge in [-0.25, -0.2) is 0 Å². The number of benzene rings is 1. The summed E-state index contributed by atoms with van der Waals surface area (Å²) in [6.45, 7) is 3.74. The number of carbonyl (C=O) groups is 1. The van der Waals surface area contributed by atoms with Crippen LogP contribution in [0, 0.1) is 5.92 Å². The van der Waals surface area contributed by atoms with Crippen molar-refractivity contribution in [1.29, 1.82) is 0 Å². The van der Waals surface area contributed by atoms with Gasteiger partial charge in [-0.15, -0.1) is 0 Å². The maximum absolute atomic E-state index is 12.4. The van der Waals surface area contributed by atoms with Crippen molar-refractivity contribution in [2.24, 2.45) is 5.92 Å². The lowest BCUT2D eigenvalue weighted by molar-refractivity contribution is 0.0927. The quantitative estimate of drug-likeness (QED) is 0.837. The molecule has 128 valence electrons. The number of nitrogens with one attached hydrogen (secondary N) is 2. The van der Waals surface area contributed by atoms with Gasteiger partial charge in [-0.1, -0.05) is 30.3 Å². The van der Waals surface area contributed by atoms with Crippen LogP contribution in [-0.2, 0) is 6.54 Å². The van der Waals surface area contributed by atoms with Gasteiger partial charge in [0.05, 0.1) is 11.8 Å². The zero-order valence-corrected chi connectivity index (χ0v) is 14.3. The molecule has 2 heterocycles. The normalized spacial score (nSPS) is 21.3. The predicted octanol–water partition coefficient (Wildman–Crippen LogP) is 1.20. The third-order valence-electron chi connectivity index (χ3n) is 4.44. The summed E-state index contributed by atoms with van der Waals surface area (Å²) >= 11 is 0. The Bertz CT molecular complexity index is 641. The summed E-state index contributed by atoms with van der Waals surface area (Å²) in [7, 11) is 4.16. The Morgan fingerprint density at radius 1 is 1.33 bits per heavy atom. The molecule has 1 aliphatic rings. The Balaban J connectivity index is 1.65. The van der Waals surface area contributed by atoms with Crippen LogP contribution in [0.2, 0.25) is 0 Å². The molecule has 6 heteroatoms. The molecule has 1 amide bonds. The van der Waals surface area contributed by atoms with Crippen LogP contribution >= 0.6 is 0 Å². The molecular formula is C18H25N5O. The molecule has 24 heavy (non-hydrogen) atoms. The molecule has 0 spiro atoms. The topological polar surface area (TPSA) is 64.3 Å². The third-order valence-corrected chi connectivity index (χ3v) is 4.44. The SMILES string of the molecule is CN(C)C[C@@H]1CN(Cc2ccccc2)C[C@H]1NC(=O)c1cn[nH]c1. The molecule has 0 unspecified atom stereocenters. The fourth-order valence-corrected chi connectivity index (χ4v) is 3.38. The average molecular weight is 327 g/mol. The number of nitrogens with zero attached hydrogens (tertiary/aromatic N) is 3. The number of amides is 1. The van der Waals surface area contributed by atoms with E-state index in [-0.39, 0.29) is 11.9 Å². The van der Waals surface area contributed by atoms with Crippen molar-refractivity contribution in [3.05, 3.63) is 53.9 Å². The molecule has 0 saturated carbocycles. The zero-order chi connectivity index (χ0) is 16.9. The van der Waals surface area contributed by atoms with Crippen LogP contribution in [0.3, 0.4) is 0 Å². The van der Waals surface area contributed by atoms with E-state index >= 15 is 0 Å². The molecule has 1 aromatic heterocycles. The van der Waals surface area contributed by atoms with Crippen molar-refractivity contribution in [3.8, 4) is 0 Å². The van der Waals surface area contributed by atoms with Gasteiger partial charge < -0.3 is 10.2 Å². The number of H-pyrrole nitrogens is 1. The maximum Gasteiger partial charge on any atom is 0.254 e. The number of aromatic amines is 1. The largest absolute Gasteiger partial charge is 0.348 e. The Hall–Kier alpha value is -2.18. The first-order valence-electron chi connectivity index (χ1n) is 8.32. The highest BCUT2D eigenvalue weighted by molar-refractivity contribution is 5.93. The minimum atomic E-state index is -0.0564. The van der Waals surface area contributed by atoms with Gasteiger partial charge in [0.2, 0.25) is 0 Å². The second-order valence-corrected chi connectivity index (χ2v) is 6.77. The second kappa shape index (κ2) is 7.59. The van der Waals surface area contributed by atoms with Crippen LogP contribution in [0.15, 0.2) is 42.7 Å². The van der Waals surface area contributed by atoms with Crippen molar-refractivity contribution < 1.29 is 4.79 Å². The Labute approximate surface area is 142 Å². The van der Waals surface area contributed by atoms with E-state index in [2.05, 4.69) is 63.7 Å². The fourth-order valence-electron chi connectivity index (χ4n) is 3.38. The first-order valence-corrected chi connectivity index (χ1v) is 8.32. The van der Waals surface area contributed by atoms with E-state index < -0.39 is 0 Å². The lowest BCUT2D eigenvalue weighted by Gasteiger charge is -2.22. The number of rotatable bonds is 6. The molecule has 0 bridgehead atoms. The fraction of sp³-hybridized carbons (Fsp3) is 0.444. The molecule has 2 N–H and O–H groups in total. The summed E-state index contributed by atoms with van der Waals surface area (Å²) in [5, 5.41) is 9.73. The van der Waals surface area contributed by atoms with Gasteiger partial charge in [-0.3, -0.25) is 14.8 Å². The van der Waals surface area contributed by atoms with Crippen molar-refractivity contribution >= 4 is 5.91 Å². The lowest BCUT2D eigenvalue weighted by atomic mass is 10.0. The van der Waals surface area contributed by atoms with Gasteiger partial charge in [0.1, 0.15) is 0 Å². The first kappa shape index (κ1) is 16.7. The van der Waals surface area contributed by atoms with Crippen LogP contribution in [-0.4, -0.2) is 65.7 Å². The summed E-state index contributed by atoms with van der Waals surface area (Å²) in [6, 6.07) is 10.6. The van der Waals surface area contributed by atoms with Gasteiger partial charge in [0, 0.05) is 44.3 Å². The summed E-state index contributed by atoms with van der Waals surface area (Å²) in [6.07, 6.45) is 3.19. The summed E-state index contributed by atoms with van der Waals surface area (Å²) in [5.41, 5.74) is 1.89. The Morgan fingerprint density at radius 3 is 2.79 bits per heavy atom. The summed E-state index contributed by atoms with van der Waals surface area (Å²) in [4.78, 5) is 17.0. The second-order valence-electron chi connectivity index (χ2n) is 6.77. The summed E-state index contributed by atoms with van der Waals surface area (Å²) < 4.78 is 0. The average Bonchev–Trinajstić information content (AvgIpc) is 3.19. The molecule has 1 aliphatic heterocycles. The van der Waals surface area contributed by atoms with E-state index in [1.165, 1.54) is 5.56 Å². The Kier molecular flexibility index (Phi) is 5.27. The molecule has 3 rings (SSSR count). The zero-order valence-electron chi connectivity index (χ0n) is 14.3. The van der Waals surface area contributed by atoms with Crippen LogP contribution in [0.1, 0.15) is 15.9 Å². The number of likely N-dealkylation sites (tertiary alicyclic amines) is 1. The summed E-state index contributed by atoms with van der Waals surface area (Å²) in [5.74, 6) is 0.360. The highest BCUT2D eigenvalue weighted by atomic mass is 16.1. The van der Waals surface area contributed by atoms with Gasteiger partial charge in [-0.2, -0.15) is 5.10 Å². The van der Waals surface area contributed by atoms with E-state index in [1.54, 1.807) is 12.4 Å². The number of hydrogen-bond acceptors (Lipinski definition) is 4. The molecule has 1 saturated heterocycles. The van der Waals surface area contributed by atoms with E-state index in [0.29, 0.717) is 11.5 Å². The molecule has 0 aliphatic carbocycles. The van der Waals surface area contributed by atoms with E-state index in [9.17, 15) is 4.79 Å². The molecule has 1 fully saturated rings. The van der Waals surface area contributed by atoms with Crippen molar-refractivity contribution in [3.63, 3.8) is 0 Å². The van der Waals surface area contributed by atoms with E-state index in [4.69, 9.17) is 0 Å². The van der Waals surface area contributed by atoms with Crippen molar-refractivity contribution in [2.75, 3.05) is 33.7 Å². The highest BCUT2D eigenvalue weighted by Gasteiger charge is 2.34. The molecule has 6 nitrogen and oxygen atoms in total. The van der Waals surface area contributed by atoms with Crippen molar-refractivity contribution in [2.45, 2.75) is 12.6 Å². The maximum atomic E-state index is 12.4. The lowest BCUT2D eigenvalue weighted by Crippen LogP contribution is -2.43. The third kappa shape index (κ3) is 4.21. The monoisotopic (exact) mass is 327 g/mol. The van der Waals surface area contributed by atoms with Crippen molar-refractivity contribution in [1.82, 2.24) is 25.3 Å². The van der Waals surface area contributed by atoms with Gasteiger partial charge in [0.25, 0.3) is 5.91 Å². The minimum Gasteiger partial charge on any atom is -0.348 e. The Morgan fingerprint density at radius 2 is 2.12 bits per heavy atom. The standard InChI is InChI=1S/C18H25N5O/c1-22(2)11-16-12-23(10-14-6-4-3-5-7-14)13-17(16)21-18(24)15-8-19-20-9-15/h3-9,16-17H,10-13H2,1-2H3,(H,19,20)(H,21,24)/t16-,17-/m1/s1. The number of hydrogen-bond donors (Lipinski definition) is 2. The van der Waals surface area contributed by atoms with E-state index in [1.807, 2.05) is 6.07 Å². The van der Waals surface area contributed by atoms with Gasteiger partial charge in [0.15, 0.2) is 0 Å². The predicted molar refractivity (Wildman–Crippen MR) is 93.6 cm³/mol. The van der Waals surface area contributed by atoms with Gasteiger partial charge in [-0.05, 0) is 19.7 Å². The smallest absolute Gasteiger partial charge is 0.254 e. The number of carbonyl (C=O) groups excluding carboxylic acids is 1. The van der Waals surface area contributed by atoms with E-state index in [0.717, 1.165) is 26.2 Å². The minimum absolute atomic E-state index is 0.0564. The molecule has 2 aromatic rings. The highest BCUT2D eigenvalue weighted by Crippen LogP contribution is 2.20. The van der Waals surface area contributed by atoms with Gasteiger partial charge >= 0.3 is 0 Å². The van der Waals surface area contributed by atoms with Crippen LogP contribution in [0.5, 0.6) is 0 Å². The molecule has 1 aromatic carbocycles. The first-order chi connectivity index (χ1) is 11.6. The van der Waals surface area contributed by atoms with Crippen LogP contribution in [0.4, 0.5) is 0 Å². The van der Waals surface area contributed by atoms with Crippen LogP contribution < -0.4 is 5.32 Å². The molecular weight excluding hydrogens is 302 g/mol. The van der Waals surface area contributed by atoms with Crippen LogP contribution in [0.25, 0.3) is 0 Å². The molecule has 0 radical (unpaired) electrons.